The molecule has 9 heteroatoms. The Morgan fingerprint density at radius 2 is 1.71 bits per heavy atom. The van der Waals surface area contributed by atoms with Crippen LogP contribution in [-0.2, 0) is 31.9 Å². The molecule has 222 valence electrons. The van der Waals surface area contributed by atoms with Crippen molar-refractivity contribution in [2.24, 2.45) is 0 Å². The Bertz CT molecular complexity index is 1210. The van der Waals surface area contributed by atoms with Crippen LogP contribution in [0, 0.1) is 0 Å². The summed E-state index contributed by atoms with van der Waals surface area (Å²) in [6, 6.07) is 15.7. The van der Waals surface area contributed by atoms with E-state index in [-0.39, 0.29) is 24.5 Å². The zero-order valence-corrected chi connectivity index (χ0v) is 25.9. The van der Waals surface area contributed by atoms with E-state index in [4.69, 9.17) is 18.8 Å². The molecule has 41 heavy (non-hydrogen) atoms. The van der Waals surface area contributed by atoms with Crippen molar-refractivity contribution in [1.82, 2.24) is 9.80 Å². The van der Waals surface area contributed by atoms with Crippen molar-refractivity contribution >= 4 is 24.6 Å². The number of carbonyl (C=O) groups excluding carboxylic acids is 2. The summed E-state index contributed by atoms with van der Waals surface area (Å²) in [5.41, 5.74) is 1.15. The molecule has 2 aromatic carbocycles. The molecule has 1 unspecified atom stereocenters. The smallest absolute Gasteiger partial charge is 0.489 e. The van der Waals surface area contributed by atoms with Gasteiger partial charge >= 0.3 is 13.2 Å². The van der Waals surface area contributed by atoms with Crippen LogP contribution in [0.15, 0.2) is 48.5 Å². The molecule has 4 rings (SSSR count). The van der Waals surface area contributed by atoms with E-state index in [1.165, 1.54) is 0 Å². The first-order valence-electron chi connectivity index (χ1n) is 14.5. The number of rotatable bonds is 7. The predicted octanol–water partition coefficient (Wildman–Crippen LogP) is 4.97. The second-order valence-electron chi connectivity index (χ2n) is 13.1. The molecule has 0 spiro atoms. The molecule has 0 radical (unpaired) electrons. The molecule has 0 N–H and O–H groups in total. The molecule has 2 fully saturated rings. The van der Waals surface area contributed by atoms with E-state index in [9.17, 15) is 9.59 Å². The lowest BCUT2D eigenvalue weighted by molar-refractivity contribution is -0.132. The van der Waals surface area contributed by atoms with Crippen LogP contribution < -0.4 is 10.2 Å². The van der Waals surface area contributed by atoms with E-state index in [1.807, 2.05) is 102 Å². The van der Waals surface area contributed by atoms with Crippen molar-refractivity contribution in [1.29, 1.82) is 0 Å². The van der Waals surface area contributed by atoms with Gasteiger partial charge in [0, 0.05) is 25.7 Å². The number of piperidine rings is 1. The van der Waals surface area contributed by atoms with Gasteiger partial charge in [-0.2, -0.15) is 0 Å². The fraction of sp³-hybridized carbons (Fsp3) is 0.562. The van der Waals surface area contributed by atoms with Gasteiger partial charge in [-0.1, -0.05) is 42.5 Å². The lowest BCUT2D eigenvalue weighted by atomic mass is 9.78. The van der Waals surface area contributed by atoms with Crippen molar-refractivity contribution in [3.63, 3.8) is 0 Å². The highest BCUT2D eigenvalue weighted by Gasteiger charge is 2.51. The van der Waals surface area contributed by atoms with Gasteiger partial charge in [0.1, 0.15) is 18.0 Å². The van der Waals surface area contributed by atoms with Gasteiger partial charge < -0.3 is 28.6 Å². The second kappa shape index (κ2) is 12.1. The predicted molar refractivity (Wildman–Crippen MR) is 160 cm³/mol. The molecular weight excluding hydrogens is 519 g/mol. The summed E-state index contributed by atoms with van der Waals surface area (Å²) in [5, 5.41) is 0. The van der Waals surface area contributed by atoms with Crippen LogP contribution in [0.3, 0.4) is 0 Å². The first kappa shape index (κ1) is 30.9. The van der Waals surface area contributed by atoms with E-state index in [0.717, 1.165) is 29.4 Å². The largest absolute Gasteiger partial charge is 0.494 e. The second-order valence-corrected chi connectivity index (χ2v) is 13.1. The number of benzene rings is 2. The Hall–Kier alpha value is -3.04. The molecule has 2 amide bonds. The average Bonchev–Trinajstić information content (AvgIpc) is 3.13. The van der Waals surface area contributed by atoms with Gasteiger partial charge in [0.2, 0.25) is 5.91 Å². The summed E-state index contributed by atoms with van der Waals surface area (Å²) >= 11 is 0. The van der Waals surface area contributed by atoms with Crippen LogP contribution in [0.2, 0.25) is 0 Å². The Labute approximate surface area is 245 Å². The number of carbonyl (C=O) groups is 2. The monoisotopic (exact) mass is 564 g/mol. The number of hydrogen-bond acceptors (Lipinski definition) is 6. The highest BCUT2D eigenvalue weighted by atomic mass is 16.7. The maximum absolute atomic E-state index is 13.7. The molecular formula is C32H45BN2O6. The summed E-state index contributed by atoms with van der Waals surface area (Å²) in [5.74, 6) is 0.643. The summed E-state index contributed by atoms with van der Waals surface area (Å²) in [4.78, 5) is 29.8. The molecule has 2 saturated heterocycles. The minimum atomic E-state index is -0.576. The highest BCUT2D eigenvalue weighted by molar-refractivity contribution is 6.62. The molecule has 0 aliphatic carbocycles. The standard InChI is InChI=1S/C32H45BN2O6/c1-30(2,3)39-29(37)34(8)26-15-12-18-35(21-26)28(36)20-24-19-25(33-40-31(4,5)32(6,7)41-33)16-17-27(24)38-22-23-13-10-9-11-14-23/h9-11,13-14,16-17,19,26H,12,15,18,20-22H2,1-8H3. The van der Waals surface area contributed by atoms with Gasteiger partial charge in [0.05, 0.1) is 23.7 Å². The lowest BCUT2D eigenvalue weighted by Crippen LogP contribution is -2.51. The van der Waals surface area contributed by atoms with E-state index in [2.05, 4.69) is 0 Å². The number of likely N-dealkylation sites (N-methyl/N-ethyl adjacent to an activating group) is 1. The van der Waals surface area contributed by atoms with Crippen LogP contribution in [0.5, 0.6) is 5.75 Å². The number of hydrogen-bond donors (Lipinski definition) is 0. The molecule has 0 saturated carbocycles. The molecule has 2 aliphatic rings. The van der Waals surface area contributed by atoms with Gasteiger partial charge in [0.15, 0.2) is 0 Å². The zero-order chi connectivity index (χ0) is 30.0. The number of nitrogens with zero attached hydrogens (tertiary/aromatic N) is 2. The van der Waals surface area contributed by atoms with Crippen LogP contribution in [0.25, 0.3) is 0 Å². The van der Waals surface area contributed by atoms with Gasteiger partial charge in [0.25, 0.3) is 0 Å². The van der Waals surface area contributed by atoms with Crippen LogP contribution >= 0.6 is 0 Å². The minimum Gasteiger partial charge on any atom is -0.489 e. The van der Waals surface area contributed by atoms with E-state index >= 15 is 0 Å². The topological polar surface area (TPSA) is 77.5 Å². The van der Waals surface area contributed by atoms with Crippen molar-refractivity contribution in [3.05, 3.63) is 59.7 Å². The molecule has 2 aliphatic heterocycles. The Morgan fingerprint density at radius 1 is 1.05 bits per heavy atom. The van der Waals surface area contributed by atoms with Crippen molar-refractivity contribution < 1.29 is 28.4 Å². The van der Waals surface area contributed by atoms with Crippen molar-refractivity contribution in [3.8, 4) is 5.75 Å². The lowest BCUT2D eigenvalue weighted by Gasteiger charge is -2.38. The van der Waals surface area contributed by atoms with E-state index < -0.39 is 23.9 Å². The molecule has 1 atom stereocenters. The summed E-state index contributed by atoms with van der Waals surface area (Å²) in [6.07, 6.45) is 1.43. The van der Waals surface area contributed by atoms with Gasteiger partial charge in [-0.25, -0.2) is 4.79 Å². The quantitative estimate of drug-likeness (QED) is 0.443. The Kier molecular flexibility index (Phi) is 9.09. The minimum absolute atomic E-state index is 0.0112. The van der Waals surface area contributed by atoms with Crippen LogP contribution in [-0.4, -0.2) is 71.9 Å². The first-order chi connectivity index (χ1) is 19.1. The maximum Gasteiger partial charge on any atom is 0.494 e. The molecule has 0 bridgehead atoms. The summed E-state index contributed by atoms with van der Waals surface area (Å²) in [6.45, 7) is 15.2. The average molecular weight is 565 g/mol. The summed E-state index contributed by atoms with van der Waals surface area (Å²) < 4.78 is 24.4. The first-order valence-corrected chi connectivity index (χ1v) is 14.5. The van der Waals surface area contributed by atoms with Crippen LogP contribution in [0.1, 0.15) is 72.4 Å². The fourth-order valence-corrected chi connectivity index (χ4v) is 4.99. The molecule has 2 aromatic rings. The zero-order valence-electron chi connectivity index (χ0n) is 25.9. The van der Waals surface area contributed by atoms with Gasteiger partial charge in [-0.15, -0.1) is 0 Å². The van der Waals surface area contributed by atoms with Gasteiger partial charge in [-0.05, 0) is 78.4 Å². The SMILES string of the molecule is CN(C(=O)OC(C)(C)C)C1CCCN(C(=O)Cc2cc(B3OC(C)(C)C(C)(C)O3)ccc2OCc2ccccc2)C1. The normalized spacial score (nSPS) is 20.0. The maximum atomic E-state index is 13.7. The fourth-order valence-electron chi connectivity index (χ4n) is 4.99. The number of amides is 2. The van der Waals surface area contributed by atoms with Crippen LogP contribution in [0.4, 0.5) is 4.79 Å². The van der Waals surface area contributed by atoms with Gasteiger partial charge in [-0.3, -0.25) is 4.79 Å². The Balaban J connectivity index is 1.52. The summed E-state index contributed by atoms with van der Waals surface area (Å²) in [7, 11) is 1.20. The number of ether oxygens (including phenoxy) is 2. The highest BCUT2D eigenvalue weighted by Crippen LogP contribution is 2.37. The van der Waals surface area contributed by atoms with Crippen molar-refractivity contribution in [2.75, 3.05) is 20.1 Å². The van der Waals surface area contributed by atoms with Crippen molar-refractivity contribution in [2.45, 2.75) is 97.2 Å². The molecule has 0 aromatic heterocycles. The number of likely N-dealkylation sites (tertiary alicyclic amines) is 1. The van der Waals surface area contributed by atoms with E-state index in [1.54, 1.807) is 11.9 Å². The van der Waals surface area contributed by atoms with E-state index in [0.29, 0.717) is 25.4 Å². The molecule has 2 heterocycles. The Morgan fingerprint density at radius 3 is 2.34 bits per heavy atom. The third kappa shape index (κ3) is 7.63. The molecule has 8 nitrogen and oxygen atoms in total. The third-order valence-corrected chi connectivity index (χ3v) is 8.17. The third-order valence-electron chi connectivity index (χ3n) is 8.17.